The molecular formula is C14H23N3O3S. The number of nitrogens with zero attached hydrogens (tertiary/aromatic N) is 1. The van der Waals surface area contributed by atoms with Crippen molar-refractivity contribution in [2.45, 2.75) is 40.2 Å². The number of rotatable bonds is 7. The highest BCUT2D eigenvalue weighted by Gasteiger charge is 2.20. The van der Waals surface area contributed by atoms with Gasteiger partial charge in [0, 0.05) is 17.6 Å². The van der Waals surface area contributed by atoms with Crippen molar-refractivity contribution in [3.63, 3.8) is 0 Å². The van der Waals surface area contributed by atoms with Crippen LogP contribution in [0.25, 0.3) is 0 Å². The zero-order valence-electron chi connectivity index (χ0n) is 12.8. The summed E-state index contributed by atoms with van der Waals surface area (Å²) in [4.78, 5) is 27.2. The molecule has 1 aromatic heterocycles. The van der Waals surface area contributed by atoms with E-state index in [2.05, 4.69) is 15.6 Å². The standard InChI is InChI=1S/C14H23N3O3S/c1-8(2)5-11(13(18)19)6-15-14(20)17-10(4)12-16-9(3)7-21-12/h7-8,10-11H,5-6H2,1-4H3,(H,18,19)(H2,15,17,20). The minimum Gasteiger partial charge on any atom is -0.481 e. The van der Waals surface area contributed by atoms with Gasteiger partial charge < -0.3 is 15.7 Å². The molecular weight excluding hydrogens is 290 g/mol. The van der Waals surface area contributed by atoms with Gasteiger partial charge >= 0.3 is 12.0 Å². The molecule has 0 saturated carbocycles. The Morgan fingerprint density at radius 2 is 2.05 bits per heavy atom. The predicted octanol–water partition coefficient (Wildman–Crippen LogP) is 2.56. The van der Waals surface area contributed by atoms with Gasteiger partial charge in [0.05, 0.1) is 12.0 Å². The van der Waals surface area contributed by atoms with Gasteiger partial charge in [-0.2, -0.15) is 0 Å². The van der Waals surface area contributed by atoms with E-state index < -0.39 is 11.9 Å². The van der Waals surface area contributed by atoms with Gasteiger partial charge in [0.15, 0.2) is 0 Å². The topological polar surface area (TPSA) is 91.3 Å². The van der Waals surface area contributed by atoms with E-state index in [1.165, 1.54) is 11.3 Å². The summed E-state index contributed by atoms with van der Waals surface area (Å²) >= 11 is 1.49. The quantitative estimate of drug-likeness (QED) is 0.721. The minimum atomic E-state index is -0.882. The number of carbonyl (C=O) groups excluding carboxylic acids is 1. The Bertz CT molecular complexity index is 488. The lowest BCUT2D eigenvalue weighted by Crippen LogP contribution is -2.41. The maximum absolute atomic E-state index is 11.8. The van der Waals surface area contributed by atoms with E-state index >= 15 is 0 Å². The van der Waals surface area contributed by atoms with Gasteiger partial charge in [-0.15, -0.1) is 11.3 Å². The summed E-state index contributed by atoms with van der Waals surface area (Å²) in [6, 6.07) is -0.567. The first-order chi connectivity index (χ1) is 9.79. The lowest BCUT2D eigenvalue weighted by molar-refractivity contribution is -0.142. The van der Waals surface area contributed by atoms with E-state index in [4.69, 9.17) is 5.11 Å². The van der Waals surface area contributed by atoms with E-state index in [1.807, 2.05) is 33.1 Å². The summed E-state index contributed by atoms with van der Waals surface area (Å²) < 4.78 is 0. The maximum atomic E-state index is 11.8. The summed E-state index contributed by atoms with van der Waals surface area (Å²) in [5.74, 6) is -1.17. The van der Waals surface area contributed by atoms with Gasteiger partial charge in [-0.1, -0.05) is 13.8 Å². The average molecular weight is 313 g/mol. The number of carboxylic acids is 1. The number of urea groups is 1. The Morgan fingerprint density at radius 1 is 1.38 bits per heavy atom. The van der Waals surface area contributed by atoms with Crippen molar-refractivity contribution in [1.29, 1.82) is 0 Å². The molecule has 118 valence electrons. The van der Waals surface area contributed by atoms with Crippen LogP contribution in [0.4, 0.5) is 4.79 Å². The number of aryl methyl sites for hydroxylation is 1. The van der Waals surface area contributed by atoms with Gasteiger partial charge in [-0.25, -0.2) is 9.78 Å². The first-order valence-electron chi connectivity index (χ1n) is 6.98. The second-order valence-electron chi connectivity index (χ2n) is 5.57. The Labute approximate surface area is 129 Å². The van der Waals surface area contributed by atoms with Crippen LogP contribution in [0, 0.1) is 18.8 Å². The van der Waals surface area contributed by atoms with Crippen molar-refractivity contribution in [3.8, 4) is 0 Å². The Hall–Kier alpha value is -1.63. The fourth-order valence-corrected chi connectivity index (χ4v) is 2.74. The molecule has 2 atom stereocenters. The second kappa shape index (κ2) is 7.97. The molecule has 1 heterocycles. The number of thiazole rings is 1. The highest BCUT2D eigenvalue weighted by atomic mass is 32.1. The number of nitrogens with one attached hydrogen (secondary N) is 2. The predicted molar refractivity (Wildman–Crippen MR) is 82.4 cm³/mol. The molecule has 21 heavy (non-hydrogen) atoms. The summed E-state index contributed by atoms with van der Waals surface area (Å²) in [5, 5.41) is 17.3. The number of carboxylic acid groups (broad SMARTS) is 1. The Balaban J connectivity index is 2.44. The van der Waals surface area contributed by atoms with Gasteiger partial charge in [0.2, 0.25) is 0 Å². The van der Waals surface area contributed by atoms with E-state index in [0.717, 1.165) is 10.7 Å². The van der Waals surface area contributed by atoms with E-state index in [-0.39, 0.29) is 24.5 Å². The number of carbonyl (C=O) groups is 2. The zero-order valence-corrected chi connectivity index (χ0v) is 13.7. The van der Waals surface area contributed by atoms with E-state index in [0.29, 0.717) is 6.42 Å². The molecule has 6 nitrogen and oxygen atoms in total. The van der Waals surface area contributed by atoms with Gasteiger partial charge in [-0.3, -0.25) is 4.79 Å². The molecule has 0 spiro atoms. The third kappa shape index (κ3) is 6.12. The SMILES string of the molecule is Cc1csc(C(C)NC(=O)NCC(CC(C)C)C(=O)O)n1. The third-order valence-electron chi connectivity index (χ3n) is 2.97. The molecule has 0 bridgehead atoms. The van der Waals surface area contributed by atoms with Crippen LogP contribution in [-0.4, -0.2) is 28.6 Å². The summed E-state index contributed by atoms with van der Waals surface area (Å²) in [6.45, 7) is 7.80. The first kappa shape index (κ1) is 17.4. The van der Waals surface area contributed by atoms with E-state index in [9.17, 15) is 9.59 Å². The van der Waals surface area contributed by atoms with Crippen LogP contribution in [0.2, 0.25) is 0 Å². The Kier molecular flexibility index (Phi) is 6.61. The van der Waals surface area contributed by atoms with Crippen LogP contribution in [0.1, 0.15) is 43.9 Å². The highest BCUT2D eigenvalue weighted by Crippen LogP contribution is 2.17. The number of hydrogen-bond acceptors (Lipinski definition) is 4. The lowest BCUT2D eigenvalue weighted by Gasteiger charge is -2.17. The molecule has 3 N–H and O–H groups in total. The fourth-order valence-electron chi connectivity index (χ4n) is 1.94. The van der Waals surface area contributed by atoms with Crippen LogP contribution in [0.3, 0.4) is 0 Å². The average Bonchev–Trinajstić information content (AvgIpc) is 2.80. The molecule has 0 radical (unpaired) electrons. The third-order valence-corrected chi connectivity index (χ3v) is 4.11. The molecule has 2 unspecified atom stereocenters. The molecule has 0 aliphatic carbocycles. The highest BCUT2D eigenvalue weighted by molar-refractivity contribution is 7.09. The van der Waals surface area contributed by atoms with Crippen molar-refractivity contribution < 1.29 is 14.7 Å². The van der Waals surface area contributed by atoms with Crippen LogP contribution in [-0.2, 0) is 4.79 Å². The summed E-state index contributed by atoms with van der Waals surface area (Å²) in [7, 11) is 0. The normalized spacial score (nSPS) is 13.8. The van der Waals surface area contributed by atoms with Crippen molar-refractivity contribution in [2.24, 2.45) is 11.8 Å². The number of aliphatic carboxylic acids is 1. The summed E-state index contributed by atoms with van der Waals surface area (Å²) in [5.41, 5.74) is 0.923. The molecule has 1 aromatic rings. The van der Waals surface area contributed by atoms with Crippen LogP contribution in [0.15, 0.2) is 5.38 Å². The molecule has 0 aliphatic heterocycles. The second-order valence-corrected chi connectivity index (χ2v) is 6.46. The molecule has 0 fully saturated rings. The van der Waals surface area contributed by atoms with Crippen molar-refractivity contribution >= 4 is 23.3 Å². The van der Waals surface area contributed by atoms with Crippen molar-refractivity contribution in [1.82, 2.24) is 15.6 Å². The molecule has 0 aliphatic rings. The molecule has 0 aromatic carbocycles. The lowest BCUT2D eigenvalue weighted by atomic mass is 9.97. The van der Waals surface area contributed by atoms with Gasteiger partial charge in [0.25, 0.3) is 0 Å². The van der Waals surface area contributed by atoms with Crippen LogP contribution < -0.4 is 10.6 Å². The van der Waals surface area contributed by atoms with Gasteiger partial charge in [-0.05, 0) is 26.2 Å². The van der Waals surface area contributed by atoms with Crippen molar-refractivity contribution in [2.75, 3.05) is 6.54 Å². The van der Waals surface area contributed by atoms with Crippen molar-refractivity contribution in [3.05, 3.63) is 16.1 Å². The first-order valence-corrected chi connectivity index (χ1v) is 7.86. The zero-order chi connectivity index (χ0) is 16.0. The molecule has 1 rings (SSSR count). The van der Waals surface area contributed by atoms with Crippen LogP contribution >= 0.6 is 11.3 Å². The smallest absolute Gasteiger partial charge is 0.315 e. The largest absolute Gasteiger partial charge is 0.481 e. The maximum Gasteiger partial charge on any atom is 0.315 e. The molecule has 0 saturated heterocycles. The number of aromatic nitrogens is 1. The number of amides is 2. The minimum absolute atomic E-state index is 0.128. The van der Waals surface area contributed by atoms with E-state index in [1.54, 1.807) is 0 Å². The Morgan fingerprint density at radius 3 is 2.52 bits per heavy atom. The fraction of sp³-hybridized carbons (Fsp3) is 0.643. The summed E-state index contributed by atoms with van der Waals surface area (Å²) in [6.07, 6.45) is 0.539. The molecule has 7 heteroatoms. The number of hydrogen-bond donors (Lipinski definition) is 3. The van der Waals surface area contributed by atoms with Gasteiger partial charge in [0.1, 0.15) is 5.01 Å². The molecule has 2 amide bonds. The van der Waals surface area contributed by atoms with Crippen LogP contribution in [0.5, 0.6) is 0 Å². The monoisotopic (exact) mass is 313 g/mol.